The van der Waals surface area contributed by atoms with Crippen molar-refractivity contribution in [3.05, 3.63) is 0 Å². The number of carbonyl (C=O) groups is 2. The van der Waals surface area contributed by atoms with E-state index in [1.165, 1.54) is 12.8 Å². The molecule has 0 bridgehead atoms. The van der Waals surface area contributed by atoms with Crippen LogP contribution in [0.3, 0.4) is 0 Å². The summed E-state index contributed by atoms with van der Waals surface area (Å²) in [6.07, 6.45) is 8.57. The van der Waals surface area contributed by atoms with Gasteiger partial charge in [0.2, 0.25) is 5.91 Å². The first-order chi connectivity index (χ1) is 14.3. The monoisotopic (exact) mass is 453 g/mol. The molecule has 0 fully saturated rings. The van der Waals surface area contributed by atoms with Crippen molar-refractivity contribution in [1.82, 2.24) is 5.32 Å². The lowest BCUT2D eigenvalue weighted by Crippen LogP contribution is -2.27. The average molecular weight is 454 g/mol. The van der Waals surface area contributed by atoms with Crippen LogP contribution in [0.25, 0.3) is 0 Å². The third kappa shape index (κ3) is 19.0. The number of amides is 1. The molecule has 0 aliphatic rings. The molecular weight excluding hydrogens is 413 g/mol. The second kappa shape index (κ2) is 18.8. The quantitative estimate of drug-likeness (QED) is 0.145. The summed E-state index contributed by atoms with van der Waals surface area (Å²) in [7, 11) is -4.36. The van der Waals surface area contributed by atoms with E-state index in [1.807, 2.05) is 6.92 Å². The molecule has 0 spiro atoms. The highest BCUT2D eigenvalue weighted by Crippen LogP contribution is 2.42. The van der Waals surface area contributed by atoms with Crippen LogP contribution in [0.4, 0.5) is 0 Å². The Hall–Kier alpha value is -0.990. The summed E-state index contributed by atoms with van der Waals surface area (Å²) in [6, 6.07) is 0. The van der Waals surface area contributed by atoms with Gasteiger partial charge in [0.1, 0.15) is 12.7 Å². The molecule has 30 heavy (non-hydrogen) atoms. The number of phosphoric ester groups is 1. The highest BCUT2D eigenvalue weighted by Gasteiger charge is 2.23. The zero-order valence-electron chi connectivity index (χ0n) is 18.5. The molecule has 0 aromatic rings. The normalized spacial score (nSPS) is 14.1. The van der Waals surface area contributed by atoms with Crippen LogP contribution in [0.1, 0.15) is 84.5 Å². The number of nitrogens with one attached hydrogen (secondary N) is 1. The van der Waals surface area contributed by atoms with Gasteiger partial charge in [0.05, 0.1) is 13.2 Å². The van der Waals surface area contributed by atoms with Crippen LogP contribution >= 0.6 is 7.82 Å². The van der Waals surface area contributed by atoms with Gasteiger partial charge in [-0.3, -0.25) is 18.6 Å². The van der Waals surface area contributed by atoms with Crippen molar-refractivity contribution in [2.24, 2.45) is 0 Å². The molecule has 0 aliphatic carbocycles. The smallest absolute Gasteiger partial charge is 0.463 e. The fraction of sp³-hybridized carbons (Fsp3) is 0.900. The van der Waals surface area contributed by atoms with Gasteiger partial charge in [0.25, 0.3) is 0 Å². The van der Waals surface area contributed by atoms with E-state index in [-0.39, 0.29) is 32.1 Å². The Morgan fingerprint density at radius 1 is 0.900 bits per heavy atom. The number of ether oxygens (including phenoxy) is 1. The van der Waals surface area contributed by atoms with Crippen molar-refractivity contribution in [2.45, 2.75) is 90.6 Å². The van der Waals surface area contributed by atoms with Gasteiger partial charge >= 0.3 is 13.8 Å². The van der Waals surface area contributed by atoms with E-state index in [9.17, 15) is 24.2 Å². The third-order valence-electron chi connectivity index (χ3n) is 4.29. The van der Waals surface area contributed by atoms with Gasteiger partial charge in [-0.15, -0.1) is 0 Å². The van der Waals surface area contributed by atoms with Crippen molar-refractivity contribution < 1.29 is 37.9 Å². The number of esters is 1. The number of unbranched alkanes of at least 4 members (excludes halogenated alkanes) is 7. The van der Waals surface area contributed by atoms with Crippen LogP contribution in [-0.2, 0) is 27.9 Å². The summed E-state index contributed by atoms with van der Waals surface area (Å²) in [5.41, 5.74) is 0. The molecule has 0 radical (unpaired) electrons. The maximum atomic E-state index is 11.7. The van der Waals surface area contributed by atoms with Crippen LogP contribution < -0.4 is 5.32 Å². The van der Waals surface area contributed by atoms with E-state index in [2.05, 4.69) is 16.8 Å². The van der Waals surface area contributed by atoms with Crippen LogP contribution in [0, 0.1) is 0 Å². The second-order valence-corrected chi connectivity index (χ2v) is 8.71. The topological polar surface area (TPSA) is 131 Å². The zero-order valence-corrected chi connectivity index (χ0v) is 19.4. The maximum absolute atomic E-state index is 11.7. The molecule has 178 valence electrons. The minimum atomic E-state index is -4.36. The fourth-order valence-electron chi connectivity index (χ4n) is 2.55. The first kappa shape index (κ1) is 29.0. The molecule has 0 saturated heterocycles. The number of rotatable bonds is 20. The molecule has 0 rings (SSSR count). The number of aliphatic hydroxyl groups is 1. The first-order valence-corrected chi connectivity index (χ1v) is 12.5. The molecular formula is C20H40NO8P. The second-order valence-electron chi connectivity index (χ2n) is 7.26. The maximum Gasteiger partial charge on any atom is 0.472 e. The first-order valence-electron chi connectivity index (χ1n) is 11.0. The van der Waals surface area contributed by atoms with Gasteiger partial charge in [-0.25, -0.2) is 4.57 Å². The summed E-state index contributed by atoms with van der Waals surface area (Å²) < 4.78 is 26.1. The summed E-state index contributed by atoms with van der Waals surface area (Å²) in [5.74, 6) is -0.554. The lowest BCUT2D eigenvalue weighted by Gasteiger charge is -2.15. The van der Waals surface area contributed by atoms with Gasteiger partial charge in [0, 0.05) is 19.4 Å². The van der Waals surface area contributed by atoms with E-state index < -0.39 is 26.5 Å². The minimum Gasteiger partial charge on any atom is -0.463 e. The van der Waals surface area contributed by atoms with E-state index in [4.69, 9.17) is 9.26 Å². The molecule has 0 heterocycles. The molecule has 1 amide bonds. The number of aliphatic hydroxyl groups excluding tert-OH is 1. The number of phosphoric acid groups is 1. The molecule has 2 atom stereocenters. The van der Waals surface area contributed by atoms with E-state index in [0.29, 0.717) is 6.42 Å². The molecule has 0 aliphatic heterocycles. The molecule has 2 unspecified atom stereocenters. The summed E-state index contributed by atoms with van der Waals surface area (Å²) in [5, 5.41) is 12.3. The Morgan fingerprint density at radius 3 is 2.20 bits per heavy atom. The van der Waals surface area contributed by atoms with Gasteiger partial charge in [-0.2, -0.15) is 0 Å². The molecule has 3 N–H and O–H groups in total. The Bertz CT molecular complexity index is 503. The Balaban J connectivity index is 3.77. The van der Waals surface area contributed by atoms with Crippen LogP contribution in [0.2, 0.25) is 0 Å². The molecule has 0 saturated carbocycles. The molecule has 0 aromatic carbocycles. The van der Waals surface area contributed by atoms with Crippen LogP contribution in [0.15, 0.2) is 0 Å². The van der Waals surface area contributed by atoms with Gasteiger partial charge in [-0.05, 0) is 12.8 Å². The molecule has 10 heteroatoms. The van der Waals surface area contributed by atoms with E-state index in [0.717, 1.165) is 44.9 Å². The van der Waals surface area contributed by atoms with E-state index >= 15 is 0 Å². The molecule has 0 aromatic heterocycles. The predicted molar refractivity (Wildman–Crippen MR) is 114 cm³/mol. The summed E-state index contributed by atoms with van der Waals surface area (Å²) in [4.78, 5) is 32.7. The van der Waals surface area contributed by atoms with Crippen molar-refractivity contribution in [3.8, 4) is 0 Å². The Labute approximate surface area is 180 Å². The standard InChI is InChI=1S/C20H40NO8P/c1-3-5-7-8-9-11-13-20(24)27-16-18(22)17-29-30(25,26)28-15-14-21-19(23)12-10-6-4-2/h18,22H,3-17H2,1-2H3,(H,21,23)(H,25,26). The number of hydrogen-bond acceptors (Lipinski definition) is 7. The van der Waals surface area contributed by atoms with Crippen molar-refractivity contribution >= 4 is 19.7 Å². The summed E-state index contributed by atoms with van der Waals surface area (Å²) in [6.45, 7) is 3.24. The van der Waals surface area contributed by atoms with Gasteiger partial charge in [-0.1, -0.05) is 58.8 Å². The van der Waals surface area contributed by atoms with Gasteiger partial charge < -0.3 is 20.1 Å². The lowest BCUT2D eigenvalue weighted by atomic mass is 10.1. The van der Waals surface area contributed by atoms with Gasteiger partial charge in [0.15, 0.2) is 0 Å². The number of carbonyl (C=O) groups excluding carboxylic acids is 2. The minimum absolute atomic E-state index is 0.0808. The average Bonchev–Trinajstić information content (AvgIpc) is 2.71. The highest BCUT2D eigenvalue weighted by molar-refractivity contribution is 7.47. The van der Waals surface area contributed by atoms with E-state index in [1.54, 1.807) is 0 Å². The predicted octanol–water partition coefficient (Wildman–Crippen LogP) is 3.47. The van der Waals surface area contributed by atoms with Crippen LogP contribution in [-0.4, -0.2) is 54.3 Å². The molecule has 9 nitrogen and oxygen atoms in total. The fourth-order valence-corrected chi connectivity index (χ4v) is 3.31. The third-order valence-corrected chi connectivity index (χ3v) is 5.27. The Kier molecular flexibility index (Phi) is 18.1. The lowest BCUT2D eigenvalue weighted by molar-refractivity contribution is -0.147. The van der Waals surface area contributed by atoms with Crippen molar-refractivity contribution in [3.63, 3.8) is 0 Å². The zero-order chi connectivity index (χ0) is 22.7. The SMILES string of the molecule is CCCCCCCCC(=O)OCC(O)COP(=O)(O)OCCNC(=O)CCCCC. The summed E-state index contributed by atoms with van der Waals surface area (Å²) >= 11 is 0. The highest BCUT2D eigenvalue weighted by atomic mass is 31.2. The Morgan fingerprint density at radius 2 is 1.50 bits per heavy atom. The van der Waals surface area contributed by atoms with Crippen LogP contribution in [0.5, 0.6) is 0 Å². The largest absolute Gasteiger partial charge is 0.472 e. The van der Waals surface area contributed by atoms with Crippen molar-refractivity contribution in [2.75, 3.05) is 26.4 Å². The van der Waals surface area contributed by atoms with Crippen molar-refractivity contribution in [1.29, 1.82) is 0 Å². The number of hydrogen-bond donors (Lipinski definition) is 3.